The molecule has 0 radical (unpaired) electrons. The summed E-state index contributed by atoms with van der Waals surface area (Å²) < 4.78 is 5.75. The second-order valence-electron chi connectivity index (χ2n) is 8.51. The van der Waals surface area contributed by atoms with Gasteiger partial charge in [0.15, 0.2) is 5.12 Å². The first-order valence-corrected chi connectivity index (χ1v) is 14.8. The quantitative estimate of drug-likeness (QED) is 0.261. The molecule has 0 saturated heterocycles. The van der Waals surface area contributed by atoms with E-state index < -0.39 is 0 Å². The number of benzene rings is 1. The number of ether oxygens (including phenoxy) is 1. The fourth-order valence-corrected chi connectivity index (χ4v) is 6.17. The maximum Gasteiger partial charge on any atom is 0.307 e. The molecule has 0 bridgehead atoms. The van der Waals surface area contributed by atoms with Crippen LogP contribution in [-0.4, -0.2) is 68.9 Å². The lowest BCUT2D eigenvalue weighted by Crippen LogP contribution is -2.53. The zero-order chi connectivity index (χ0) is 27.2. The molecular formula is C25H36N3O6S3+. The molecule has 12 heteroatoms. The molecule has 37 heavy (non-hydrogen) atoms. The fourth-order valence-electron chi connectivity index (χ4n) is 3.50. The van der Waals surface area contributed by atoms with E-state index in [0.29, 0.717) is 42.4 Å². The number of hydrogen-bond donors (Lipinski definition) is 3. The van der Waals surface area contributed by atoms with E-state index in [1.54, 1.807) is 18.9 Å². The van der Waals surface area contributed by atoms with Gasteiger partial charge >= 0.3 is 4.87 Å². The van der Waals surface area contributed by atoms with Gasteiger partial charge in [0.1, 0.15) is 18.9 Å². The summed E-state index contributed by atoms with van der Waals surface area (Å²) in [5, 5.41) is 10.0. The molecule has 1 unspecified atom stereocenters. The van der Waals surface area contributed by atoms with E-state index in [-0.39, 0.29) is 38.7 Å². The number of aromatic hydroxyl groups is 1. The van der Waals surface area contributed by atoms with Crippen LogP contribution in [0.15, 0.2) is 29.1 Å². The van der Waals surface area contributed by atoms with Crippen molar-refractivity contribution in [3.8, 4) is 11.6 Å². The van der Waals surface area contributed by atoms with Gasteiger partial charge < -0.3 is 20.5 Å². The Kier molecular flexibility index (Phi) is 13.8. The van der Waals surface area contributed by atoms with Gasteiger partial charge in [0, 0.05) is 37.8 Å². The molecule has 1 aromatic heterocycles. The molecular weight excluding hydrogens is 534 g/mol. The summed E-state index contributed by atoms with van der Waals surface area (Å²) in [6, 6.07) is 7.41. The van der Waals surface area contributed by atoms with Crippen molar-refractivity contribution in [1.29, 1.82) is 0 Å². The minimum absolute atomic E-state index is 0.0524. The Morgan fingerprint density at radius 3 is 2.54 bits per heavy atom. The van der Waals surface area contributed by atoms with Crippen molar-refractivity contribution in [2.24, 2.45) is 0 Å². The van der Waals surface area contributed by atoms with Crippen LogP contribution in [0.5, 0.6) is 11.6 Å². The van der Waals surface area contributed by atoms with Crippen LogP contribution < -0.4 is 15.3 Å². The van der Waals surface area contributed by atoms with Gasteiger partial charge in [-0.2, -0.15) is 0 Å². The van der Waals surface area contributed by atoms with E-state index in [4.69, 9.17) is 4.74 Å². The number of thioether (sulfide) groups is 2. The first kappa shape index (κ1) is 30.9. The molecule has 0 aliphatic rings. The van der Waals surface area contributed by atoms with Crippen LogP contribution in [-0.2, 0) is 20.8 Å². The average Bonchev–Trinajstić information content (AvgIpc) is 3.17. The molecule has 0 saturated carbocycles. The first-order chi connectivity index (χ1) is 17.7. The van der Waals surface area contributed by atoms with Crippen molar-refractivity contribution in [1.82, 2.24) is 9.88 Å². The summed E-state index contributed by atoms with van der Waals surface area (Å²) in [5.74, 6) is 1.33. The van der Waals surface area contributed by atoms with E-state index in [1.807, 2.05) is 24.3 Å². The molecule has 0 aliphatic carbocycles. The Morgan fingerprint density at radius 2 is 1.92 bits per heavy atom. The lowest BCUT2D eigenvalue weighted by Gasteiger charge is -2.18. The Morgan fingerprint density at radius 1 is 1.19 bits per heavy atom. The van der Waals surface area contributed by atoms with Gasteiger partial charge in [-0.3, -0.25) is 24.2 Å². The summed E-state index contributed by atoms with van der Waals surface area (Å²) in [6.07, 6.45) is 4.10. The summed E-state index contributed by atoms with van der Waals surface area (Å²) in [7, 11) is 1.76. The van der Waals surface area contributed by atoms with Crippen molar-refractivity contribution in [2.75, 3.05) is 32.5 Å². The lowest BCUT2D eigenvalue weighted by molar-refractivity contribution is -0.352. The molecule has 1 heterocycles. The molecule has 5 N–H and O–H groups in total. The van der Waals surface area contributed by atoms with Gasteiger partial charge in [-0.15, -0.1) is 0 Å². The van der Waals surface area contributed by atoms with Crippen LogP contribution in [0.1, 0.15) is 49.5 Å². The topological polar surface area (TPSA) is 144 Å². The molecule has 1 amide bonds. The van der Waals surface area contributed by atoms with Crippen molar-refractivity contribution in [3.05, 3.63) is 44.4 Å². The van der Waals surface area contributed by atoms with Crippen molar-refractivity contribution < 1.29 is 30.0 Å². The summed E-state index contributed by atoms with van der Waals surface area (Å²) >= 11 is 3.58. The van der Waals surface area contributed by atoms with E-state index in [0.717, 1.165) is 42.6 Å². The lowest BCUT2D eigenvalue weighted by atomic mass is 10.1. The molecule has 1 atom stereocenters. The third kappa shape index (κ3) is 12.2. The molecule has 9 nitrogen and oxygen atoms in total. The molecule has 2 rings (SSSR count). The Hall–Kier alpha value is -2.28. The monoisotopic (exact) mass is 570 g/mol. The maximum atomic E-state index is 12.5. The number of unbranched alkanes of at least 4 members (excludes halogenated alkanes) is 1. The number of aromatic nitrogens is 1. The van der Waals surface area contributed by atoms with Crippen molar-refractivity contribution in [2.45, 2.75) is 50.7 Å². The van der Waals surface area contributed by atoms with E-state index in [9.17, 15) is 24.3 Å². The van der Waals surface area contributed by atoms with Gasteiger partial charge in [-0.25, -0.2) is 0 Å². The van der Waals surface area contributed by atoms with Crippen LogP contribution in [0, 0.1) is 0 Å². The first-order valence-electron chi connectivity index (χ1n) is 12.2. The van der Waals surface area contributed by atoms with Crippen molar-refractivity contribution >= 4 is 51.0 Å². The van der Waals surface area contributed by atoms with Gasteiger partial charge in [0.25, 0.3) is 0 Å². The van der Waals surface area contributed by atoms with Gasteiger partial charge in [0.2, 0.25) is 16.9 Å². The summed E-state index contributed by atoms with van der Waals surface area (Å²) in [5.41, 5.74) is 4.53. The molecule has 204 valence electrons. The highest BCUT2D eigenvalue weighted by Crippen LogP contribution is 2.24. The normalized spacial score (nSPS) is 11.8. The largest absolute Gasteiger partial charge is 0.494 e. The minimum Gasteiger partial charge on any atom is -0.494 e. The van der Waals surface area contributed by atoms with E-state index in [1.165, 1.54) is 23.5 Å². The number of quaternary nitrogens is 1. The van der Waals surface area contributed by atoms with E-state index in [2.05, 4.69) is 10.7 Å². The number of thiazole rings is 1. The fraction of sp³-hybridized carbons (Fsp3) is 0.520. The number of amides is 1. The number of nitrogens with zero attached hydrogens (tertiary/aromatic N) is 1. The predicted molar refractivity (Wildman–Crippen MR) is 149 cm³/mol. The zero-order valence-corrected chi connectivity index (χ0v) is 23.8. The highest BCUT2D eigenvalue weighted by atomic mass is 32.2. The van der Waals surface area contributed by atoms with Crippen LogP contribution in [0.25, 0.3) is 0 Å². The minimum atomic E-state index is -0.281. The van der Waals surface area contributed by atoms with Crippen LogP contribution >= 0.6 is 34.9 Å². The predicted octanol–water partition coefficient (Wildman–Crippen LogP) is 2.67. The number of carbonyl (C=O) groups is 3. The Balaban J connectivity index is 1.65. The highest BCUT2D eigenvalue weighted by Gasteiger charge is 2.15. The molecule has 2 aromatic rings. The summed E-state index contributed by atoms with van der Waals surface area (Å²) in [6.45, 7) is 2.66. The third-order valence-corrected chi connectivity index (χ3v) is 8.49. The van der Waals surface area contributed by atoms with Crippen LogP contribution in [0.4, 0.5) is 0 Å². The van der Waals surface area contributed by atoms with Gasteiger partial charge in [-0.05, 0) is 37.0 Å². The molecule has 1 aromatic carbocycles. The second-order valence-corrected chi connectivity index (χ2v) is 12.2. The van der Waals surface area contributed by atoms with Gasteiger partial charge in [0.05, 0.1) is 11.4 Å². The number of hydrogen-bond acceptors (Lipinski definition) is 9. The van der Waals surface area contributed by atoms with E-state index >= 15 is 0 Å². The number of carbonyl (C=O) groups excluding carboxylic acids is 3. The van der Waals surface area contributed by atoms with Gasteiger partial charge in [-0.1, -0.05) is 53.4 Å². The van der Waals surface area contributed by atoms with Crippen LogP contribution in [0.3, 0.4) is 0 Å². The SMILES string of the molecule is CC(=O)SC(CCCCC(=O)N(C)CCOc1ccc(Cc2sc(=O)[nH]c2O)cc1)CCSC(=O)C[NH3+]. The maximum absolute atomic E-state index is 12.5. The smallest absolute Gasteiger partial charge is 0.307 e. The second kappa shape index (κ2) is 16.5. The Labute approximate surface area is 229 Å². The molecule has 0 aliphatic heterocycles. The molecule has 0 fully saturated rings. The zero-order valence-electron chi connectivity index (χ0n) is 21.3. The summed E-state index contributed by atoms with van der Waals surface area (Å²) in [4.78, 5) is 51.0. The number of H-pyrrole nitrogens is 1. The highest BCUT2D eigenvalue weighted by molar-refractivity contribution is 8.14. The molecule has 0 spiro atoms. The van der Waals surface area contributed by atoms with Crippen LogP contribution in [0.2, 0.25) is 0 Å². The average molecular weight is 571 g/mol. The standard InChI is InChI=1S/C25H35N3O6S3/c1-17(29)36-20(11-14-35-23(31)16-26)5-3-4-6-22(30)28(2)12-13-34-19-9-7-18(8-10-19)15-21-24(32)27-25(33)37-21/h7-10,20,32H,3-6,11-16,26H2,1-2H3,(H,27,33)/p+1. The van der Waals surface area contributed by atoms with Crippen molar-refractivity contribution in [3.63, 3.8) is 0 Å². The Bertz CT molecular complexity index is 1070. The number of likely N-dealkylation sites (N-methyl/N-ethyl adjacent to an activating group) is 1. The number of aromatic amines is 1. The number of nitrogens with one attached hydrogen (secondary N) is 1. The number of rotatable bonds is 16. The third-order valence-electron chi connectivity index (χ3n) is 5.52.